The van der Waals surface area contributed by atoms with E-state index in [1.165, 1.54) is 5.56 Å². The van der Waals surface area contributed by atoms with Gasteiger partial charge >= 0.3 is 7.60 Å². The van der Waals surface area contributed by atoms with Gasteiger partial charge in [0, 0.05) is 30.1 Å². The largest absolute Gasteiger partial charge is 0.494 e. The number of primary amides is 1. The summed E-state index contributed by atoms with van der Waals surface area (Å²) >= 11 is 0. The Morgan fingerprint density at radius 3 is 2.65 bits per heavy atom. The second kappa shape index (κ2) is 9.03. The van der Waals surface area contributed by atoms with Crippen molar-refractivity contribution in [2.75, 3.05) is 17.7 Å². The van der Waals surface area contributed by atoms with Gasteiger partial charge in [-0.25, -0.2) is 0 Å². The molecule has 31 heavy (non-hydrogen) atoms. The van der Waals surface area contributed by atoms with Crippen LogP contribution in [0.5, 0.6) is 5.75 Å². The molecule has 1 aliphatic carbocycles. The minimum absolute atomic E-state index is 0.0311. The lowest BCUT2D eigenvalue weighted by molar-refractivity contribution is -0.123. The Labute approximate surface area is 182 Å². The average Bonchev–Trinajstić information content (AvgIpc) is 3.04. The fraction of sp³-hybridized carbons (Fsp3) is 0.435. The van der Waals surface area contributed by atoms with Crippen molar-refractivity contribution in [3.63, 3.8) is 0 Å². The summed E-state index contributed by atoms with van der Waals surface area (Å²) in [5.41, 5.74) is 9.20. The molecule has 3 atom stereocenters. The molecule has 0 spiro atoms. The third-order valence-corrected chi connectivity index (χ3v) is 7.25. The van der Waals surface area contributed by atoms with Crippen LogP contribution in [0.25, 0.3) is 0 Å². The number of amides is 1. The number of ether oxygens (including phenoxy) is 1. The summed E-state index contributed by atoms with van der Waals surface area (Å²) < 4.78 is 16.8. The first-order valence-corrected chi connectivity index (χ1v) is 12.5. The molecule has 0 radical (unpaired) electrons. The van der Waals surface area contributed by atoms with Crippen LogP contribution in [0.1, 0.15) is 42.7 Å². The lowest BCUT2D eigenvalue weighted by Gasteiger charge is -2.37. The van der Waals surface area contributed by atoms with Crippen LogP contribution in [0, 0.1) is 5.92 Å². The molecule has 0 saturated heterocycles. The zero-order valence-corrected chi connectivity index (χ0v) is 18.3. The van der Waals surface area contributed by atoms with Crippen LogP contribution >= 0.6 is 7.60 Å². The Hall–Kier alpha value is -2.34. The zero-order chi connectivity index (χ0) is 22.0. The third-order valence-electron chi connectivity index (χ3n) is 6.35. The minimum Gasteiger partial charge on any atom is -0.494 e. The van der Waals surface area contributed by atoms with Gasteiger partial charge in [-0.1, -0.05) is 36.8 Å². The topological polar surface area (TPSA) is 113 Å². The molecule has 1 saturated carbocycles. The first kappa shape index (κ1) is 21.9. The number of nitrogens with two attached hydrogens (primary N) is 1. The Morgan fingerprint density at radius 2 is 1.94 bits per heavy atom. The van der Waals surface area contributed by atoms with Crippen molar-refractivity contribution in [1.29, 1.82) is 0 Å². The zero-order valence-electron chi connectivity index (χ0n) is 17.4. The molecule has 1 heterocycles. The lowest BCUT2D eigenvalue weighted by Crippen LogP contribution is -2.42. The molecule has 2 aromatic rings. The molecule has 2 aliphatic rings. The van der Waals surface area contributed by atoms with E-state index in [-0.39, 0.29) is 43.0 Å². The molecule has 0 aromatic heterocycles. The van der Waals surface area contributed by atoms with Gasteiger partial charge in [0.1, 0.15) is 5.75 Å². The summed E-state index contributed by atoms with van der Waals surface area (Å²) in [5.74, 6) is 0.223. The number of nitrogens with zero attached hydrogens (tertiary/aromatic N) is 1. The van der Waals surface area contributed by atoms with E-state index in [2.05, 4.69) is 17.0 Å². The number of carbonyl (C=O) groups excluding carboxylic acids is 1. The van der Waals surface area contributed by atoms with E-state index in [9.17, 15) is 9.36 Å². The molecule has 166 valence electrons. The molecule has 4 N–H and O–H groups in total. The van der Waals surface area contributed by atoms with Gasteiger partial charge in [-0.15, -0.1) is 0 Å². The molecule has 4 rings (SSSR count). The molecule has 0 bridgehead atoms. The summed E-state index contributed by atoms with van der Waals surface area (Å²) in [4.78, 5) is 32.7. The molecule has 1 fully saturated rings. The van der Waals surface area contributed by atoms with Gasteiger partial charge in [-0.2, -0.15) is 0 Å². The first-order chi connectivity index (χ1) is 14.8. The van der Waals surface area contributed by atoms with Crippen LogP contribution in [0.2, 0.25) is 0 Å². The number of fused-ring (bicyclic) bond motifs is 3. The van der Waals surface area contributed by atoms with Crippen molar-refractivity contribution in [1.82, 2.24) is 0 Å². The lowest BCUT2D eigenvalue weighted by atomic mass is 9.73. The Balaban J connectivity index is 1.60. The molecule has 7 nitrogen and oxygen atoms in total. The van der Waals surface area contributed by atoms with Gasteiger partial charge in [0.05, 0.1) is 12.8 Å². The van der Waals surface area contributed by atoms with Crippen LogP contribution < -0.4 is 15.4 Å². The first-order valence-electron chi connectivity index (χ1n) is 10.7. The second-order valence-electron chi connectivity index (χ2n) is 8.46. The third kappa shape index (κ3) is 4.95. The highest BCUT2D eigenvalue weighted by Gasteiger charge is 2.46. The number of hydrogen-bond acceptors (Lipinski definition) is 4. The van der Waals surface area contributed by atoms with Crippen LogP contribution in [-0.2, 0) is 15.9 Å². The van der Waals surface area contributed by atoms with Crippen LogP contribution in [0.3, 0.4) is 0 Å². The molecule has 1 amide bonds. The number of anilines is 1. The van der Waals surface area contributed by atoms with E-state index in [4.69, 9.17) is 20.3 Å². The molecule has 3 unspecified atom stereocenters. The van der Waals surface area contributed by atoms with Gasteiger partial charge < -0.3 is 25.2 Å². The van der Waals surface area contributed by atoms with Crippen LogP contribution in [-0.4, -0.2) is 34.5 Å². The molecule has 2 aromatic carbocycles. The summed E-state index contributed by atoms with van der Waals surface area (Å²) in [7, 11) is -4.02. The van der Waals surface area contributed by atoms with Crippen molar-refractivity contribution in [2.24, 2.45) is 11.7 Å². The van der Waals surface area contributed by atoms with Gasteiger partial charge in [0.2, 0.25) is 5.91 Å². The monoisotopic (exact) mass is 444 g/mol. The predicted molar refractivity (Wildman–Crippen MR) is 119 cm³/mol. The Bertz CT molecular complexity index is 977. The number of hydrogen-bond donors (Lipinski definition) is 3. The quantitative estimate of drug-likeness (QED) is 0.425. The summed E-state index contributed by atoms with van der Waals surface area (Å²) in [6.07, 6.45) is 2.85. The van der Waals surface area contributed by atoms with E-state index in [1.54, 1.807) is 0 Å². The SMILES string of the molecule is NC(=O)C1CCCC2C1c1cc(OCCCP(=O)(O)O)ccc1N2Cc1ccccc1. The molecular formula is C23H29N2O5P. The van der Waals surface area contributed by atoms with E-state index < -0.39 is 7.60 Å². The standard InChI is InChI=1S/C23H29N2O5P/c24-23(26)18-8-4-9-21-22(18)19-14-17(30-12-5-13-31(27,28)29)10-11-20(19)25(21)15-16-6-2-1-3-7-16/h1-3,6-7,10-11,14,18,21-22H,4-5,8-9,12-13,15H2,(H2,24,26)(H2,27,28,29). The van der Waals surface area contributed by atoms with Gasteiger partial charge in [-0.05, 0) is 48.6 Å². The van der Waals surface area contributed by atoms with Crippen molar-refractivity contribution >= 4 is 19.2 Å². The number of rotatable bonds is 8. The second-order valence-corrected chi connectivity index (χ2v) is 10.2. The Kier molecular flexibility index (Phi) is 6.37. The number of carbonyl (C=O) groups is 1. The molecule has 8 heteroatoms. The summed E-state index contributed by atoms with van der Waals surface area (Å²) in [6.45, 7) is 0.994. The van der Waals surface area contributed by atoms with Crippen molar-refractivity contribution in [3.05, 3.63) is 59.7 Å². The fourth-order valence-corrected chi connectivity index (χ4v) is 5.58. The van der Waals surface area contributed by atoms with E-state index in [0.717, 1.165) is 37.1 Å². The highest BCUT2D eigenvalue weighted by Crippen LogP contribution is 2.51. The predicted octanol–water partition coefficient (Wildman–Crippen LogP) is 3.39. The molecule has 1 aliphatic heterocycles. The summed E-state index contributed by atoms with van der Waals surface area (Å²) in [5, 5.41) is 0. The smallest absolute Gasteiger partial charge is 0.325 e. The van der Waals surface area contributed by atoms with Crippen LogP contribution in [0.15, 0.2) is 48.5 Å². The van der Waals surface area contributed by atoms with E-state index in [1.807, 2.05) is 36.4 Å². The van der Waals surface area contributed by atoms with E-state index >= 15 is 0 Å². The van der Waals surface area contributed by atoms with Crippen LogP contribution in [0.4, 0.5) is 5.69 Å². The normalized spacial score (nSPS) is 22.6. The highest BCUT2D eigenvalue weighted by atomic mass is 31.2. The maximum Gasteiger partial charge on any atom is 0.325 e. The fourth-order valence-electron chi connectivity index (χ4n) is 5.04. The highest BCUT2D eigenvalue weighted by molar-refractivity contribution is 7.51. The van der Waals surface area contributed by atoms with E-state index in [0.29, 0.717) is 5.75 Å². The van der Waals surface area contributed by atoms with Crippen molar-refractivity contribution in [3.8, 4) is 5.75 Å². The molecular weight excluding hydrogens is 415 g/mol. The maximum atomic E-state index is 12.3. The van der Waals surface area contributed by atoms with Gasteiger partial charge in [0.25, 0.3) is 0 Å². The Morgan fingerprint density at radius 1 is 1.16 bits per heavy atom. The van der Waals surface area contributed by atoms with Gasteiger partial charge in [0.15, 0.2) is 0 Å². The minimum atomic E-state index is -4.02. The summed E-state index contributed by atoms with van der Waals surface area (Å²) in [6, 6.07) is 16.4. The van der Waals surface area contributed by atoms with Crippen molar-refractivity contribution in [2.45, 2.75) is 44.2 Å². The van der Waals surface area contributed by atoms with Crippen molar-refractivity contribution < 1.29 is 23.9 Å². The maximum absolute atomic E-state index is 12.3. The van der Waals surface area contributed by atoms with Gasteiger partial charge in [-0.3, -0.25) is 9.36 Å². The average molecular weight is 444 g/mol. The number of benzene rings is 2.